The molecule has 9 heteroatoms. The summed E-state index contributed by atoms with van der Waals surface area (Å²) in [5.74, 6) is 0.00814. The molecule has 4 N–H and O–H groups in total. The van der Waals surface area contributed by atoms with E-state index in [1.807, 2.05) is 64.2 Å². The highest BCUT2D eigenvalue weighted by Crippen LogP contribution is 2.31. The number of carbonyl (C=O) groups excluding carboxylic acids is 2. The lowest BCUT2D eigenvalue weighted by molar-refractivity contribution is -0.117. The van der Waals surface area contributed by atoms with Gasteiger partial charge >= 0.3 is 0 Å². The van der Waals surface area contributed by atoms with Gasteiger partial charge in [0.2, 0.25) is 5.91 Å². The van der Waals surface area contributed by atoms with Gasteiger partial charge in [-0.05, 0) is 86.0 Å². The summed E-state index contributed by atoms with van der Waals surface area (Å²) in [7, 11) is 0. The molecule has 3 aromatic carbocycles. The van der Waals surface area contributed by atoms with Gasteiger partial charge in [-0.25, -0.2) is 4.68 Å². The first-order chi connectivity index (χ1) is 18.4. The molecule has 2 heterocycles. The van der Waals surface area contributed by atoms with Crippen LogP contribution in [0.4, 0.5) is 17.1 Å². The number of nitrogens with one attached hydrogen (secondary N) is 2. The summed E-state index contributed by atoms with van der Waals surface area (Å²) in [5.41, 5.74) is 4.64. The van der Waals surface area contributed by atoms with Gasteiger partial charge in [-0.2, -0.15) is 5.10 Å². The number of rotatable bonds is 6. The molecule has 1 saturated heterocycles. The van der Waals surface area contributed by atoms with Gasteiger partial charge in [0.25, 0.3) is 5.91 Å². The minimum Gasteiger partial charge on any atom is -0.390 e. The molecule has 0 spiro atoms. The second kappa shape index (κ2) is 9.92. The van der Waals surface area contributed by atoms with E-state index in [0.717, 1.165) is 40.8 Å². The molecule has 2 aliphatic rings. The van der Waals surface area contributed by atoms with Crippen LogP contribution in [0.15, 0.2) is 72.9 Å². The number of aliphatic hydroxyl groups is 2. The van der Waals surface area contributed by atoms with Gasteiger partial charge in [0.1, 0.15) is 0 Å². The number of β-amino-alcohol motifs (C(OH)–C–C–N with tert-alkyl or cyclic N) is 1. The van der Waals surface area contributed by atoms with Crippen LogP contribution in [0.25, 0.3) is 16.6 Å². The minimum absolute atomic E-state index is 0.0768. The van der Waals surface area contributed by atoms with Crippen LogP contribution < -0.4 is 15.5 Å². The molecule has 4 aromatic rings. The van der Waals surface area contributed by atoms with E-state index >= 15 is 0 Å². The van der Waals surface area contributed by atoms with Crippen molar-refractivity contribution in [1.82, 2.24) is 9.78 Å². The predicted molar refractivity (Wildman–Crippen MR) is 146 cm³/mol. The second-order valence-corrected chi connectivity index (χ2v) is 10.0. The number of benzene rings is 3. The maximum Gasteiger partial charge on any atom is 0.255 e. The molecule has 1 aliphatic heterocycles. The number of nitrogens with zero attached hydrogens (tertiary/aromatic N) is 3. The molecule has 194 valence electrons. The first-order valence-corrected chi connectivity index (χ1v) is 12.9. The molecule has 0 radical (unpaired) electrons. The van der Waals surface area contributed by atoms with Crippen LogP contribution in [0.5, 0.6) is 0 Å². The molecular weight excluding hydrogens is 482 g/mol. The van der Waals surface area contributed by atoms with E-state index in [0.29, 0.717) is 30.8 Å². The van der Waals surface area contributed by atoms with Crippen LogP contribution >= 0.6 is 0 Å². The molecule has 1 saturated carbocycles. The average Bonchev–Trinajstić information content (AvgIpc) is 3.71. The maximum atomic E-state index is 12.8. The highest BCUT2D eigenvalue weighted by atomic mass is 16.3. The van der Waals surface area contributed by atoms with Crippen LogP contribution in [0, 0.1) is 5.92 Å². The van der Waals surface area contributed by atoms with Gasteiger partial charge in [-0.15, -0.1) is 0 Å². The van der Waals surface area contributed by atoms with Crippen molar-refractivity contribution < 1.29 is 19.8 Å². The van der Waals surface area contributed by atoms with Crippen LogP contribution in [-0.2, 0) is 4.79 Å². The largest absolute Gasteiger partial charge is 0.390 e. The molecule has 2 fully saturated rings. The number of hydrogen-bond donors (Lipinski definition) is 4. The lowest BCUT2D eigenvalue weighted by Crippen LogP contribution is -2.46. The Bertz CT molecular complexity index is 1480. The average molecular weight is 512 g/mol. The number of hydrogen-bond acceptors (Lipinski definition) is 6. The lowest BCUT2D eigenvalue weighted by Gasteiger charge is -2.35. The summed E-state index contributed by atoms with van der Waals surface area (Å²) >= 11 is 0. The van der Waals surface area contributed by atoms with E-state index < -0.39 is 12.2 Å². The predicted octanol–water partition coefficient (Wildman–Crippen LogP) is 3.56. The molecule has 0 bridgehead atoms. The molecule has 9 nitrogen and oxygen atoms in total. The second-order valence-electron chi connectivity index (χ2n) is 10.0. The SMILES string of the molecule is O=C(Nc1ccc(-n2ncc3cc(NC(=O)C4CC4)ccc32)cc1)c1ccc(N2CC[C@H](O)[C@H](O)C2)cc1. The van der Waals surface area contributed by atoms with Gasteiger partial charge in [-0.1, -0.05) is 0 Å². The Balaban J connectivity index is 1.10. The molecule has 6 rings (SSSR count). The van der Waals surface area contributed by atoms with E-state index in [1.165, 1.54) is 0 Å². The van der Waals surface area contributed by atoms with Crippen molar-refractivity contribution in [3.63, 3.8) is 0 Å². The number of aliphatic hydroxyl groups excluding tert-OH is 2. The molecular formula is C29H29N5O4. The maximum absolute atomic E-state index is 12.8. The normalized spacial score (nSPS) is 19.4. The fraction of sp³-hybridized carbons (Fsp3) is 0.276. The van der Waals surface area contributed by atoms with Crippen molar-refractivity contribution in [2.45, 2.75) is 31.5 Å². The quantitative estimate of drug-likeness (QED) is 0.314. The van der Waals surface area contributed by atoms with Crippen molar-refractivity contribution in [2.24, 2.45) is 5.92 Å². The monoisotopic (exact) mass is 511 g/mol. The Morgan fingerprint density at radius 1 is 0.816 bits per heavy atom. The Kier molecular flexibility index (Phi) is 6.30. The number of fused-ring (bicyclic) bond motifs is 1. The Morgan fingerprint density at radius 2 is 1.53 bits per heavy atom. The zero-order valence-corrected chi connectivity index (χ0v) is 20.7. The van der Waals surface area contributed by atoms with Gasteiger partial charge in [0.05, 0.1) is 29.6 Å². The van der Waals surface area contributed by atoms with Gasteiger partial charge in [-0.3, -0.25) is 9.59 Å². The standard InChI is InChI=1S/C29H29N5O4/c35-26-13-14-33(17-27(26)36)23-8-3-19(4-9-23)28(37)31-21-5-10-24(11-6-21)34-25-12-7-22(15-20(25)16-30-34)32-29(38)18-1-2-18/h3-12,15-16,18,26-27,35-36H,1-2,13-14,17H2,(H,31,37)(H,32,38)/t26-,27+/m0/s1. The number of amides is 2. The van der Waals surface area contributed by atoms with E-state index in [2.05, 4.69) is 15.7 Å². The van der Waals surface area contributed by atoms with E-state index in [1.54, 1.807) is 18.3 Å². The van der Waals surface area contributed by atoms with Gasteiger partial charge < -0.3 is 25.7 Å². The summed E-state index contributed by atoms with van der Waals surface area (Å²) in [6.07, 6.45) is 2.75. The number of piperidine rings is 1. The lowest BCUT2D eigenvalue weighted by atomic mass is 10.0. The van der Waals surface area contributed by atoms with E-state index in [9.17, 15) is 19.8 Å². The molecule has 2 amide bonds. The highest BCUT2D eigenvalue weighted by Gasteiger charge is 2.29. The molecule has 2 atom stereocenters. The van der Waals surface area contributed by atoms with Crippen LogP contribution in [0.2, 0.25) is 0 Å². The highest BCUT2D eigenvalue weighted by molar-refractivity contribution is 6.04. The van der Waals surface area contributed by atoms with E-state index in [4.69, 9.17) is 0 Å². The zero-order valence-electron chi connectivity index (χ0n) is 20.7. The minimum atomic E-state index is -0.772. The Labute approximate surface area is 219 Å². The van der Waals surface area contributed by atoms with Crippen molar-refractivity contribution in [2.75, 3.05) is 28.6 Å². The Hall–Kier alpha value is -4.21. The summed E-state index contributed by atoms with van der Waals surface area (Å²) < 4.78 is 1.82. The number of anilines is 3. The third-order valence-electron chi connectivity index (χ3n) is 7.19. The van der Waals surface area contributed by atoms with Crippen molar-refractivity contribution in [1.29, 1.82) is 0 Å². The fourth-order valence-corrected chi connectivity index (χ4v) is 4.77. The third kappa shape index (κ3) is 4.98. The zero-order chi connectivity index (χ0) is 26.2. The topological polar surface area (TPSA) is 120 Å². The molecule has 1 aliphatic carbocycles. The van der Waals surface area contributed by atoms with Crippen molar-refractivity contribution in [3.05, 3.63) is 78.5 Å². The van der Waals surface area contributed by atoms with Crippen molar-refractivity contribution in [3.8, 4) is 5.69 Å². The first kappa shape index (κ1) is 24.1. The summed E-state index contributed by atoms with van der Waals surface area (Å²) in [6.45, 7) is 1.02. The number of aromatic nitrogens is 2. The number of carbonyl (C=O) groups is 2. The van der Waals surface area contributed by atoms with Gasteiger partial charge in [0, 0.05) is 47.0 Å². The van der Waals surface area contributed by atoms with Crippen LogP contribution in [-0.4, -0.2) is 57.1 Å². The summed E-state index contributed by atoms with van der Waals surface area (Å²) in [5, 5.41) is 31.0. The van der Waals surface area contributed by atoms with Crippen LogP contribution in [0.3, 0.4) is 0 Å². The van der Waals surface area contributed by atoms with Gasteiger partial charge in [0.15, 0.2) is 0 Å². The van der Waals surface area contributed by atoms with Crippen LogP contribution in [0.1, 0.15) is 29.6 Å². The van der Waals surface area contributed by atoms with E-state index in [-0.39, 0.29) is 17.7 Å². The van der Waals surface area contributed by atoms with Crippen molar-refractivity contribution >= 4 is 39.8 Å². The summed E-state index contributed by atoms with van der Waals surface area (Å²) in [4.78, 5) is 26.9. The molecule has 0 unspecified atom stereocenters. The third-order valence-corrected chi connectivity index (χ3v) is 7.19. The molecule has 1 aromatic heterocycles. The smallest absolute Gasteiger partial charge is 0.255 e. The Morgan fingerprint density at radius 3 is 2.24 bits per heavy atom. The summed E-state index contributed by atoms with van der Waals surface area (Å²) in [6, 6.07) is 20.4. The fourth-order valence-electron chi connectivity index (χ4n) is 4.77. The first-order valence-electron chi connectivity index (χ1n) is 12.9. The molecule has 38 heavy (non-hydrogen) atoms.